The van der Waals surface area contributed by atoms with E-state index in [0.29, 0.717) is 12.1 Å². The quantitative estimate of drug-likeness (QED) is 0.688. The average Bonchev–Trinajstić information content (AvgIpc) is 3.28. The fraction of sp³-hybridized carbons (Fsp3) is 0.208. The van der Waals surface area contributed by atoms with Crippen LogP contribution in [0.4, 0.5) is 10.5 Å². The summed E-state index contributed by atoms with van der Waals surface area (Å²) in [5, 5.41) is 4.84. The zero-order valence-electron chi connectivity index (χ0n) is 16.6. The summed E-state index contributed by atoms with van der Waals surface area (Å²) < 4.78 is 0. The van der Waals surface area contributed by atoms with Gasteiger partial charge in [0.15, 0.2) is 0 Å². The molecule has 3 aromatic rings. The number of fused-ring (bicyclic) bond motifs is 2. The number of para-hydroxylation sites is 1. The first-order valence-electron chi connectivity index (χ1n) is 9.99. The van der Waals surface area contributed by atoms with Crippen molar-refractivity contribution in [3.05, 3.63) is 77.9 Å². The minimum Gasteiger partial charge on any atom is -0.319 e. The number of hydrogen-bond donors (Lipinski definition) is 1. The van der Waals surface area contributed by atoms with Gasteiger partial charge in [-0.3, -0.25) is 14.5 Å². The van der Waals surface area contributed by atoms with Gasteiger partial charge in [0.2, 0.25) is 5.91 Å². The van der Waals surface area contributed by atoms with E-state index in [9.17, 15) is 14.4 Å². The molecule has 1 unspecified atom stereocenters. The maximum Gasteiger partial charge on any atom is 0.325 e. The van der Waals surface area contributed by atoms with Gasteiger partial charge in [-0.05, 0) is 47.4 Å². The standard InChI is InChI=1S/C24H21N3O3/c1-24(19-11-10-16-6-2-3-8-18(16)14-19)22(29)27(23(30)25-24)15-21(28)26-13-12-17-7-4-5-9-20(17)26/h2-11,14H,12-13,15H2,1H3,(H,25,30). The molecule has 30 heavy (non-hydrogen) atoms. The molecule has 2 aliphatic rings. The number of nitrogens with one attached hydrogen (secondary N) is 1. The molecule has 0 aromatic heterocycles. The predicted molar refractivity (Wildman–Crippen MR) is 114 cm³/mol. The molecule has 6 heteroatoms. The summed E-state index contributed by atoms with van der Waals surface area (Å²) >= 11 is 0. The maximum atomic E-state index is 13.2. The van der Waals surface area contributed by atoms with Gasteiger partial charge < -0.3 is 10.2 Å². The van der Waals surface area contributed by atoms with Gasteiger partial charge in [-0.2, -0.15) is 0 Å². The number of nitrogens with zero attached hydrogens (tertiary/aromatic N) is 2. The zero-order valence-corrected chi connectivity index (χ0v) is 16.6. The summed E-state index contributed by atoms with van der Waals surface area (Å²) in [5.41, 5.74) is 1.45. The average molecular weight is 399 g/mol. The van der Waals surface area contributed by atoms with Crippen LogP contribution in [0.15, 0.2) is 66.7 Å². The lowest BCUT2D eigenvalue weighted by molar-refractivity contribution is -0.134. The third-order valence-electron chi connectivity index (χ3n) is 6.08. The molecule has 0 radical (unpaired) electrons. The van der Waals surface area contributed by atoms with Gasteiger partial charge in [0, 0.05) is 12.2 Å². The molecule has 2 heterocycles. The molecule has 5 rings (SSSR count). The number of anilines is 1. The van der Waals surface area contributed by atoms with Gasteiger partial charge >= 0.3 is 6.03 Å². The van der Waals surface area contributed by atoms with Crippen molar-refractivity contribution in [1.29, 1.82) is 0 Å². The summed E-state index contributed by atoms with van der Waals surface area (Å²) in [6.07, 6.45) is 0.775. The summed E-state index contributed by atoms with van der Waals surface area (Å²) in [7, 11) is 0. The molecular weight excluding hydrogens is 378 g/mol. The first-order valence-corrected chi connectivity index (χ1v) is 9.99. The van der Waals surface area contributed by atoms with Crippen molar-refractivity contribution >= 4 is 34.3 Å². The van der Waals surface area contributed by atoms with Gasteiger partial charge in [0.05, 0.1) is 0 Å². The first-order chi connectivity index (χ1) is 14.5. The SMILES string of the molecule is CC1(c2ccc3ccccc3c2)NC(=O)N(CC(=O)N2CCc3ccccc32)C1=O. The normalized spacial score (nSPS) is 20.6. The van der Waals surface area contributed by atoms with E-state index in [2.05, 4.69) is 5.32 Å². The summed E-state index contributed by atoms with van der Waals surface area (Å²) in [5.74, 6) is -0.671. The van der Waals surface area contributed by atoms with E-state index >= 15 is 0 Å². The van der Waals surface area contributed by atoms with Crippen LogP contribution in [0.3, 0.4) is 0 Å². The first kappa shape index (κ1) is 18.4. The van der Waals surface area contributed by atoms with Crippen molar-refractivity contribution in [2.24, 2.45) is 0 Å². The van der Waals surface area contributed by atoms with Crippen molar-refractivity contribution in [2.75, 3.05) is 18.0 Å². The number of carbonyl (C=O) groups is 3. The molecule has 2 aliphatic heterocycles. The van der Waals surface area contributed by atoms with Crippen LogP contribution in [0, 0.1) is 0 Å². The minimum absolute atomic E-state index is 0.258. The van der Waals surface area contributed by atoms with Crippen molar-refractivity contribution in [2.45, 2.75) is 18.9 Å². The van der Waals surface area contributed by atoms with E-state index < -0.39 is 17.5 Å². The van der Waals surface area contributed by atoms with Crippen LogP contribution in [0.25, 0.3) is 10.8 Å². The lowest BCUT2D eigenvalue weighted by Gasteiger charge is -2.23. The Balaban J connectivity index is 1.40. The lowest BCUT2D eigenvalue weighted by Crippen LogP contribution is -2.44. The maximum absolute atomic E-state index is 13.2. The summed E-state index contributed by atoms with van der Waals surface area (Å²) in [6.45, 7) is 1.97. The molecule has 0 saturated carbocycles. The molecule has 0 aliphatic carbocycles. The molecule has 3 aromatic carbocycles. The van der Waals surface area contributed by atoms with E-state index in [4.69, 9.17) is 0 Å². The minimum atomic E-state index is -1.20. The Kier molecular flexibility index (Phi) is 4.10. The molecule has 1 atom stereocenters. The highest BCUT2D eigenvalue weighted by atomic mass is 16.2. The molecule has 1 N–H and O–H groups in total. The van der Waals surface area contributed by atoms with Crippen molar-refractivity contribution < 1.29 is 14.4 Å². The van der Waals surface area contributed by atoms with E-state index in [1.54, 1.807) is 11.8 Å². The van der Waals surface area contributed by atoms with Crippen molar-refractivity contribution in [1.82, 2.24) is 10.2 Å². The molecular formula is C24H21N3O3. The Bertz CT molecular complexity index is 1210. The molecule has 4 amide bonds. The number of carbonyl (C=O) groups excluding carboxylic acids is 3. The van der Waals surface area contributed by atoms with Crippen molar-refractivity contribution in [3.63, 3.8) is 0 Å². The van der Waals surface area contributed by atoms with Crippen LogP contribution < -0.4 is 10.2 Å². The highest BCUT2D eigenvalue weighted by Crippen LogP contribution is 2.32. The Morgan fingerprint density at radius 3 is 2.57 bits per heavy atom. The molecule has 0 spiro atoms. The highest BCUT2D eigenvalue weighted by Gasteiger charge is 2.50. The zero-order chi connectivity index (χ0) is 20.9. The smallest absolute Gasteiger partial charge is 0.319 e. The highest BCUT2D eigenvalue weighted by molar-refractivity contribution is 6.11. The number of rotatable bonds is 3. The Morgan fingerprint density at radius 1 is 1.00 bits per heavy atom. The number of imide groups is 1. The fourth-order valence-electron chi connectivity index (χ4n) is 4.35. The number of benzene rings is 3. The van der Waals surface area contributed by atoms with Crippen LogP contribution >= 0.6 is 0 Å². The third kappa shape index (κ3) is 2.76. The van der Waals surface area contributed by atoms with E-state index in [1.807, 2.05) is 66.7 Å². The van der Waals surface area contributed by atoms with Crippen LogP contribution in [0.2, 0.25) is 0 Å². The van der Waals surface area contributed by atoms with Gasteiger partial charge in [0.25, 0.3) is 5.91 Å². The van der Waals surface area contributed by atoms with Gasteiger partial charge in [0.1, 0.15) is 12.1 Å². The van der Waals surface area contributed by atoms with Crippen LogP contribution in [-0.2, 0) is 21.5 Å². The number of urea groups is 1. The number of amides is 4. The number of hydrogen-bond acceptors (Lipinski definition) is 3. The Morgan fingerprint density at radius 2 is 1.73 bits per heavy atom. The molecule has 1 saturated heterocycles. The Labute approximate surface area is 174 Å². The van der Waals surface area contributed by atoms with Crippen molar-refractivity contribution in [3.8, 4) is 0 Å². The largest absolute Gasteiger partial charge is 0.325 e. The second kappa shape index (κ2) is 6.69. The van der Waals surface area contributed by atoms with Gasteiger partial charge in [-0.15, -0.1) is 0 Å². The van der Waals surface area contributed by atoms with Crippen LogP contribution in [0.1, 0.15) is 18.1 Å². The van der Waals surface area contributed by atoms with E-state index in [-0.39, 0.29) is 12.5 Å². The second-order valence-electron chi connectivity index (χ2n) is 7.93. The second-order valence-corrected chi connectivity index (χ2v) is 7.93. The lowest BCUT2D eigenvalue weighted by atomic mass is 9.90. The summed E-state index contributed by atoms with van der Waals surface area (Å²) in [4.78, 5) is 41.5. The van der Waals surface area contributed by atoms with E-state index in [1.165, 1.54) is 0 Å². The van der Waals surface area contributed by atoms with E-state index in [0.717, 1.165) is 33.3 Å². The van der Waals surface area contributed by atoms with Crippen LogP contribution in [0.5, 0.6) is 0 Å². The monoisotopic (exact) mass is 399 g/mol. The van der Waals surface area contributed by atoms with Crippen LogP contribution in [-0.4, -0.2) is 35.8 Å². The Hall–Kier alpha value is -3.67. The predicted octanol–water partition coefficient (Wildman–Crippen LogP) is 3.20. The topological polar surface area (TPSA) is 69.7 Å². The van der Waals surface area contributed by atoms with Gasteiger partial charge in [-0.1, -0.05) is 54.6 Å². The molecule has 150 valence electrons. The molecule has 0 bridgehead atoms. The fourth-order valence-corrected chi connectivity index (χ4v) is 4.35. The third-order valence-corrected chi connectivity index (χ3v) is 6.08. The molecule has 1 fully saturated rings. The molecule has 6 nitrogen and oxygen atoms in total. The summed E-state index contributed by atoms with van der Waals surface area (Å²) in [6, 6.07) is 20.7. The van der Waals surface area contributed by atoms with Gasteiger partial charge in [-0.25, -0.2) is 4.79 Å².